The third-order valence-corrected chi connectivity index (χ3v) is 5.47. The number of para-hydroxylation sites is 1. The predicted octanol–water partition coefficient (Wildman–Crippen LogP) is 4.00. The number of sulfonamides is 1. The first kappa shape index (κ1) is 20.1. The Hall–Kier alpha value is -2.65. The molecule has 1 N–H and O–H groups in total. The van der Waals surface area contributed by atoms with E-state index in [0.29, 0.717) is 11.3 Å². The molecule has 0 fully saturated rings. The van der Waals surface area contributed by atoms with Crippen LogP contribution < -0.4 is 9.46 Å². The van der Waals surface area contributed by atoms with Gasteiger partial charge in [-0.05, 0) is 30.7 Å². The predicted molar refractivity (Wildman–Crippen MR) is 98.5 cm³/mol. The van der Waals surface area contributed by atoms with Gasteiger partial charge in [0.05, 0.1) is 17.1 Å². The van der Waals surface area contributed by atoms with Crippen LogP contribution >= 0.6 is 0 Å². The van der Waals surface area contributed by atoms with Gasteiger partial charge in [0.2, 0.25) is 10.0 Å². The van der Waals surface area contributed by atoms with Crippen LogP contribution in [0.1, 0.15) is 12.0 Å². The molecular weight excluding hydrogens is 393 g/mol. The molecular formula is C19H17F3N2O3S. The molecule has 0 amide bonds. The molecule has 0 aliphatic rings. The van der Waals surface area contributed by atoms with Crippen LogP contribution in [-0.4, -0.2) is 26.6 Å². The van der Waals surface area contributed by atoms with Gasteiger partial charge in [-0.25, -0.2) is 13.1 Å². The Kier molecular flexibility index (Phi) is 5.85. The largest absolute Gasteiger partial charge is 0.491 e. The van der Waals surface area contributed by atoms with Gasteiger partial charge in [0.15, 0.2) is 0 Å². The normalized spacial score (nSPS) is 12.2. The summed E-state index contributed by atoms with van der Waals surface area (Å²) in [4.78, 5) is 3.46. The van der Waals surface area contributed by atoms with E-state index in [1.807, 2.05) is 18.2 Å². The van der Waals surface area contributed by atoms with E-state index >= 15 is 0 Å². The van der Waals surface area contributed by atoms with Crippen molar-refractivity contribution in [2.45, 2.75) is 17.5 Å². The van der Waals surface area contributed by atoms with Gasteiger partial charge in [0.1, 0.15) is 11.3 Å². The third-order valence-electron chi connectivity index (χ3n) is 3.95. The summed E-state index contributed by atoms with van der Waals surface area (Å²) in [6, 6.07) is 13.2. The van der Waals surface area contributed by atoms with Gasteiger partial charge in [-0.15, -0.1) is 0 Å². The summed E-state index contributed by atoms with van der Waals surface area (Å²) in [6.45, 7) is 0.117. The first-order chi connectivity index (χ1) is 13.3. The molecule has 3 aromatic rings. The highest BCUT2D eigenvalue weighted by molar-refractivity contribution is 7.89. The number of rotatable bonds is 7. The molecule has 148 valence electrons. The Balaban J connectivity index is 1.60. The second kappa shape index (κ2) is 8.15. The Labute approximate surface area is 160 Å². The van der Waals surface area contributed by atoms with E-state index in [4.69, 9.17) is 4.74 Å². The summed E-state index contributed by atoms with van der Waals surface area (Å²) in [5, 5.41) is 0.907. The van der Waals surface area contributed by atoms with Crippen molar-refractivity contribution in [1.82, 2.24) is 9.71 Å². The van der Waals surface area contributed by atoms with Gasteiger partial charge in [-0.2, -0.15) is 13.2 Å². The average molecular weight is 410 g/mol. The zero-order valence-corrected chi connectivity index (χ0v) is 15.4. The minimum absolute atomic E-state index is 0.0628. The van der Waals surface area contributed by atoms with Crippen molar-refractivity contribution in [2.75, 3.05) is 13.2 Å². The highest BCUT2D eigenvalue weighted by atomic mass is 32.2. The maximum Gasteiger partial charge on any atom is 0.417 e. The number of ether oxygens (including phenoxy) is 1. The molecule has 1 heterocycles. The molecule has 0 aliphatic heterocycles. The molecule has 0 spiro atoms. The van der Waals surface area contributed by atoms with Crippen molar-refractivity contribution < 1.29 is 26.3 Å². The van der Waals surface area contributed by atoms with Crippen LogP contribution in [0.15, 0.2) is 65.7 Å². The van der Waals surface area contributed by atoms with Gasteiger partial charge in [-0.3, -0.25) is 4.98 Å². The molecule has 2 aromatic carbocycles. The van der Waals surface area contributed by atoms with Crippen molar-refractivity contribution >= 4 is 20.9 Å². The van der Waals surface area contributed by atoms with Crippen molar-refractivity contribution in [1.29, 1.82) is 0 Å². The van der Waals surface area contributed by atoms with Crippen molar-refractivity contribution in [2.24, 2.45) is 0 Å². The molecule has 0 bridgehead atoms. The highest BCUT2D eigenvalue weighted by Gasteiger charge is 2.36. The number of alkyl halides is 3. The standard InChI is InChI=1S/C19H17F3N2O3S/c20-19(21,22)15-8-1-2-10-17(15)28(25,26)24-12-5-13-27-16-9-3-6-14-7-4-11-23-18(14)16/h1-4,6-11,24H,5,12-13H2. The van der Waals surface area contributed by atoms with Crippen molar-refractivity contribution in [3.8, 4) is 5.75 Å². The highest BCUT2D eigenvalue weighted by Crippen LogP contribution is 2.33. The second-order valence-corrected chi connectivity index (χ2v) is 7.66. The van der Waals surface area contributed by atoms with E-state index < -0.39 is 26.7 Å². The number of nitrogens with one attached hydrogen (secondary N) is 1. The lowest BCUT2D eigenvalue weighted by atomic mass is 10.2. The van der Waals surface area contributed by atoms with Crippen molar-refractivity contribution in [3.05, 3.63) is 66.4 Å². The van der Waals surface area contributed by atoms with Crippen LogP contribution in [0.2, 0.25) is 0 Å². The quantitative estimate of drug-likeness (QED) is 0.598. The summed E-state index contributed by atoms with van der Waals surface area (Å²) < 4.78 is 71.4. The summed E-state index contributed by atoms with van der Waals surface area (Å²) in [7, 11) is -4.29. The Morgan fingerprint density at radius 3 is 2.54 bits per heavy atom. The number of hydrogen-bond donors (Lipinski definition) is 1. The van der Waals surface area contributed by atoms with Crippen molar-refractivity contribution in [3.63, 3.8) is 0 Å². The number of benzene rings is 2. The second-order valence-electron chi connectivity index (χ2n) is 5.92. The number of fused-ring (bicyclic) bond motifs is 1. The third kappa shape index (κ3) is 4.60. The summed E-state index contributed by atoms with van der Waals surface area (Å²) >= 11 is 0. The van der Waals surface area contributed by atoms with E-state index in [9.17, 15) is 21.6 Å². The Bertz CT molecular complexity index is 1060. The zero-order chi connectivity index (χ0) is 20.2. The number of aromatic nitrogens is 1. The SMILES string of the molecule is O=S(=O)(NCCCOc1cccc2cccnc12)c1ccccc1C(F)(F)F. The minimum atomic E-state index is -4.75. The van der Waals surface area contributed by atoms with Crippen LogP contribution in [0, 0.1) is 0 Å². The first-order valence-electron chi connectivity index (χ1n) is 8.41. The molecule has 3 rings (SSSR count). The number of hydrogen-bond acceptors (Lipinski definition) is 4. The van der Waals surface area contributed by atoms with Crippen LogP contribution in [-0.2, 0) is 16.2 Å². The minimum Gasteiger partial charge on any atom is -0.491 e. The maximum absolute atomic E-state index is 13.0. The van der Waals surface area contributed by atoms with Crippen LogP contribution in [0.3, 0.4) is 0 Å². The molecule has 0 aliphatic carbocycles. The van der Waals surface area contributed by atoms with Crippen LogP contribution in [0.5, 0.6) is 5.75 Å². The lowest BCUT2D eigenvalue weighted by Gasteiger charge is -2.14. The fourth-order valence-corrected chi connectivity index (χ4v) is 3.97. The van der Waals surface area contributed by atoms with Gasteiger partial charge in [-0.1, -0.05) is 30.3 Å². The molecule has 0 saturated heterocycles. The zero-order valence-electron chi connectivity index (χ0n) is 14.6. The van der Waals surface area contributed by atoms with Gasteiger partial charge >= 0.3 is 6.18 Å². The lowest BCUT2D eigenvalue weighted by molar-refractivity contribution is -0.139. The van der Waals surface area contributed by atoms with E-state index in [1.165, 1.54) is 6.07 Å². The summed E-state index contributed by atoms with van der Waals surface area (Å²) in [5.74, 6) is 0.559. The fourth-order valence-electron chi connectivity index (χ4n) is 2.67. The number of pyridine rings is 1. The maximum atomic E-state index is 13.0. The molecule has 9 heteroatoms. The van der Waals surface area contributed by atoms with Gasteiger partial charge in [0.25, 0.3) is 0 Å². The topological polar surface area (TPSA) is 68.3 Å². The van der Waals surface area contributed by atoms with E-state index in [0.717, 1.165) is 23.6 Å². The smallest absolute Gasteiger partial charge is 0.417 e. The van der Waals surface area contributed by atoms with Crippen LogP contribution in [0.25, 0.3) is 10.9 Å². The van der Waals surface area contributed by atoms with E-state index in [1.54, 1.807) is 18.3 Å². The van der Waals surface area contributed by atoms with E-state index in [2.05, 4.69) is 9.71 Å². The molecule has 1 aromatic heterocycles. The average Bonchev–Trinajstić information content (AvgIpc) is 2.67. The summed E-state index contributed by atoms with van der Waals surface area (Å²) in [5.41, 5.74) is -0.509. The van der Waals surface area contributed by atoms with Crippen LogP contribution in [0.4, 0.5) is 13.2 Å². The van der Waals surface area contributed by atoms with E-state index in [-0.39, 0.29) is 19.6 Å². The Morgan fingerprint density at radius 2 is 1.75 bits per heavy atom. The monoisotopic (exact) mass is 410 g/mol. The lowest BCUT2D eigenvalue weighted by Crippen LogP contribution is -2.28. The first-order valence-corrected chi connectivity index (χ1v) is 9.90. The number of halogens is 3. The fraction of sp³-hybridized carbons (Fsp3) is 0.211. The molecule has 0 saturated carbocycles. The van der Waals surface area contributed by atoms with Gasteiger partial charge < -0.3 is 4.74 Å². The molecule has 28 heavy (non-hydrogen) atoms. The molecule has 5 nitrogen and oxygen atoms in total. The Morgan fingerprint density at radius 1 is 1.00 bits per heavy atom. The molecule has 0 atom stereocenters. The molecule has 0 radical (unpaired) electrons. The van der Waals surface area contributed by atoms with Gasteiger partial charge in [0, 0.05) is 18.1 Å². The number of nitrogens with zero attached hydrogens (tertiary/aromatic N) is 1. The molecule has 0 unspecified atom stereocenters. The summed E-state index contributed by atoms with van der Waals surface area (Å²) in [6.07, 6.45) is -2.84.